The summed E-state index contributed by atoms with van der Waals surface area (Å²) in [5, 5.41) is 23.9. The maximum atomic E-state index is 13.0. The highest BCUT2D eigenvalue weighted by Crippen LogP contribution is 2.24. The molecule has 4 rings (SSSR count). The number of hydrogen-bond donors (Lipinski definition) is 4. The molecule has 2 heterocycles. The van der Waals surface area contributed by atoms with Crippen molar-refractivity contribution >= 4 is 29.8 Å². The lowest BCUT2D eigenvalue weighted by atomic mass is 9.91. The Kier molecular flexibility index (Phi) is 11.6. The third kappa shape index (κ3) is 9.45. The Morgan fingerprint density at radius 2 is 1.61 bits per heavy atom. The summed E-state index contributed by atoms with van der Waals surface area (Å²) in [7, 11) is 0. The van der Waals surface area contributed by atoms with Crippen molar-refractivity contribution in [3.8, 4) is 5.75 Å². The lowest BCUT2D eigenvalue weighted by Gasteiger charge is -2.34. The maximum absolute atomic E-state index is 13.0. The van der Waals surface area contributed by atoms with Crippen LogP contribution in [0.3, 0.4) is 0 Å². The molecule has 2 fully saturated rings. The third-order valence-electron chi connectivity index (χ3n) is 8.20. The van der Waals surface area contributed by atoms with Gasteiger partial charge in [-0.1, -0.05) is 30.3 Å². The quantitative estimate of drug-likeness (QED) is 0.302. The molecule has 2 saturated heterocycles. The minimum absolute atomic E-state index is 0.0169. The lowest BCUT2D eigenvalue weighted by Crippen LogP contribution is -2.51. The number of phenols is 1. The van der Waals surface area contributed by atoms with E-state index in [0.717, 1.165) is 18.4 Å². The van der Waals surface area contributed by atoms with Gasteiger partial charge in [-0.05, 0) is 67.9 Å². The van der Waals surface area contributed by atoms with E-state index in [1.54, 1.807) is 9.80 Å². The number of carboxylic acid groups (broad SMARTS) is 1. The van der Waals surface area contributed by atoms with E-state index in [1.807, 2.05) is 30.3 Å². The van der Waals surface area contributed by atoms with E-state index in [2.05, 4.69) is 10.6 Å². The highest BCUT2D eigenvalue weighted by atomic mass is 16.6. The van der Waals surface area contributed by atoms with Crippen molar-refractivity contribution in [2.45, 2.75) is 51.2 Å². The second-order valence-electron chi connectivity index (χ2n) is 11.3. The fourth-order valence-corrected chi connectivity index (χ4v) is 5.52. The average Bonchev–Trinajstić information content (AvgIpc) is 3.05. The number of carboxylic acids is 1. The highest BCUT2D eigenvalue weighted by molar-refractivity contribution is 5.96. The van der Waals surface area contributed by atoms with E-state index in [0.29, 0.717) is 51.2 Å². The standard InChI is InChI=1S/C32H40N4O8/c37-26-11-9-24(10-12-26)30(40)34-27(31(41)42)19-33-29(39)25-7-4-16-36(20-25)28(38)13-8-22-14-17-35(18-15-22)32(43)44-21-23-5-2-1-3-6-23/h1-3,5-6,9-12,22,25,27,37H,4,7-8,13-21H2,(H,33,39)(H,34,40)(H,41,42)/t25-,27+/m1/s1. The van der Waals surface area contributed by atoms with E-state index < -0.39 is 23.8 Å². The SMILES string of the molecule is O=C(N[C@@H](CNC(=O)[C@@H]1CCCN(C(=O)CCC2CCN(C(=O)OCc3ccccc3)CC2)C1)C(=O)O)c1ccc(O)cc1. The first kappa shape index (κ1) is 32.3. The molecule has 4 amide bonds. The number of hydrogen-bond acceptors (Lipinski definition) is 7. The molecule has 2 aromatic rings. The zero-order valence-corrected chi connectivity index (χ0v) is 24.7. The zero-order chi connectivity index (χ0) is 31.5. The molecule has 0 aliphatic carbocycles. The molecular weight excluding hydrogens is 568 g/mol. The van der Waals surface area contributed by atoms with Crippen LogP contribution in [0.4, 0.5) is 4.79 Å². The second-order valence-corrected chi connectivity index (χ2v) is 11.3. The maximum Gasteiger partial charge on any atom is 0.410 e. The van der Waals surface area contributed by atoms with Crippen molar-refractivity contribution in [3.63, 3.8) is 0 Å². The Morgan fingerprint density at radius 1 is 0.909 bits per heavy atom. The molecule has 0 saturated carbocycles. The average molecular weight is 609 g/mol. The summed E-state index contributed by atoms with van der Waals surface area (Å²) >= 11 is 0. The molecule has 12 heteroatoms. The molecular formula is C32H40N4O8. The smallest absolute Gasteiger partial charge is 0.410 e. The van der Waals surface area contributed by atoms with Crippen LogP contribution in [0.15, 0.2) is 54.6 Å². The number of aliphatic carboxylic acids is 1. The van der Waals surface area contributed by atoms with E-state index in [-0.39, 0.29) is 48.9 Å². The Balaban J connectivity index is 1.16. The van der Waals surface area contributed by atoms with Crippen molar-refractivity contribution in [1.82, 2.24) is 20.4 Å². The number of ether oxygens (including phenoxy) is 1. The number of amides is 4. The Labute approximate surface area is 256 Å². The van der Waals surface area contributed by atoms with Gasteiger partial charge in [0.25, 0.3) is 5.91 Å². The molecule has 0 radical (unpaired) electrons. The first-order valence-electron chi connectivity index (χ1n) is 15.0. The Hall–Kier alpha value is -4.61. The van der Waals surface area contributed by atoms with Gasteiger partial charge in [0.15, 0.2) is 0 Å². The molecule has 2 atom stereocenters. The van der Waals surface area contributed by atoms with Crippen molar-refractivity contribution < 1.29 is 38.9 Å². The molecule has 2 aromatic carbocycles. The van der Waals surface area contributed by atoms with Gasteiger partial charge in [-0.15, -0.1) is 0 Å². The van der Waals surface area contributed by atoms with Gasteiger partial charge in [-0.3, -0.25) is 14.4 Å². The fraction of sp³-hybridized carbons (Fsp3) is 0.469. The fourth-order valence-electron chi connectivity index (χ4n) is 5.52. The van der Waals surface area contributed by atoms with E-state index >= 15 is 0 Å². The summed E-state index contributed by atoms with van der Waals surface area (Å²) in [5.41, 5.74) is 1.11. The third-order valence-corrected chi connectivity index (χ3v) is 8.20. The van der Waals surface area contributed by atoms with Crippen molar-refractivity contribution in [1.29, 1.82) is 0 Å². The number of carbonyl (C=O) groups is 5. The summed E-state index contributed by atoms with van der Waals surface area (Å²) in [6.45, 7) is 1.93. The molecule has 236 valence electrons. The molecule has 2 aliphatic heterocycles. The molecule has 0 aromatic heterocycles. The van der Waals surface area contributed by atoms with Gasteiger partial charge < -0.3 is 35.4 Å². The van der Waals surface area contributed by atoms with Gasteiger partial charge in [0.2, 0.25) is 11.8 Å². The number of nitrogens with zero attached hydrogens (tertiary/aromatic N) is 2. The van der Waals surface area contributed by atoms with Crippen molar-refractivity contribution in [3.05, 3.63) is 65.7 Å². The van der Waals surface area contributed by atoms with E-state index in [4.69, 9.17) is 4.74 Å². The Morgan fingerprint density at radius 3 is 2.30 bits per heavy atom. The van der Waals surface area contributed by atoms with E-state index in [9.17, 15) is 34.2 Å². The summed E-state index contributed by atoms with van der Waals surface area (Å²) in [5.74, 6) is -2.49. The number of aromatic hydroxyl groups is 1. The molecule has 12 nitrogen and oxygen atoms in total. The molecule has 0 spiro atoms. The van der Waals surface area contributed by atoms with Gasteiger partial charge >= 0.3 is 12.1 Å². The summed E-state index contributed by atoms with van der Waals surface area (Å²) in [6.07, 6.45) is 3.58. The van der Waals surface area contributed by atoms with Crippen LogP contribution in [0.2, 0.25) is 0 Å². The largest absolute Gasteiger partial charge is 0.508 e. The van der Waals surface area contributed by atoms with Gasteiger partial charge in [0.05, 0.1) is 5.92 Å². The van der Waals surface area contributed by atoms with Crippen LogP contribution in [0, 0.1) is 11.8 Å². The highest BCUT2D eigenvalue weighted by Gasteiger charge is 2.31. The van der Waals surface area contributed by atoms with Crippen LogP contribution >= 0.6 is 0 Å². The number of carbonyl (C=O) groups excluding carboxylic acids is 4. The van der Waals surface area contributed by atoms with Crippen LogP contribution in [0.5, 0.6) is 5.75 Å². The minimum atomic E-state index is -1.35. The predicted octanol–water partition coefficient (Wildman–Crippen LogP) is 2.76. The van der Waals surface area contributed by atoms with Crippen LogP contribution in [-0.2, 0) is 25.7 Å². The molecule has 2 aliphatic rings. The molecule has 44 heavy (non-hydrogen) atoms. The normalized spacial score (nSPS) is 17.8. The summed E-state index contributed by atoms with van der Waals surface area (Å²) in [6, 6.07) is 13.5. The molecule has 4 N–H and O–H groups in total. The minimum Gasteiger partial charge on any atom is -0.508 e. The van der Waals surface area contributed by atoms with Crippen molar-refractivity contribution in [2.75, 3.05) is 32.7 Å². The first-order valence-corrected chi connectivity index (χ1v) is 15.0. The van der Waals surface area contributed by atoms with Crippen LogP contribution in [-0.4, -0.2) is 88.6 Å². The van der Waals surface area contributed by atoms with E-state index in [1.165, 1.54) is 24.3 Å². The van der Waals surface area contributed by atoms with Crippen LogP contribution in [0.1, 0.15) is 54.4 Å². The topological polar surface area (TPSA) is 166 Å². The number of piperidine rings is 2. The van der Waals surface area contributed by atoms with Gasteiger partial charge in [0.1, 0.15) is 18.4 Å². The molecule has 0 bridgehead atoms. The zero-order valence-electron chi connectivity index (χ0n) is 24.7. The van der Waals surface area contributed by atoms with Gasteiger partial charge in [0, 0.05) is 44.7 Å². The van der Waals surface area contributed by atoms with Crippen LogP contribution in [0.25, 0.3) is 0 Å². The predicted molar refractivity (Wildman–Crippen MR) is 159 cm³/mol. The summed E-state index contributed by atoms with van der Waals surface area (Å²) < 4.78 is 5.43. The number of likely N-dealkylation sites (tertiary alicyclic amines) is 2. The number of phenolic OH excluding ortho intramolecular Hbond substituents is 1. The number of rotatable bonds is 11. The number of nitrogens with one attached hydrogen (secondary N) is 2. The first-order chi connectivity index (χ1) is 21.2. The molecule has 0 unspecified atom stereocenters. The summed E-state index contributed by atoms with van der Waals surface area (Å²) in [4.78, 5) is 65.8. The monoisotopic (exact) mass is 608 g/mol. The number of benzene rings is 2. The second kappa shape index (κ2) is 15.7. The van der Waals surface area contributed by atoms with Gasteiger partial charge in [-0.2, -0.15) is 0 Å². The Bertz CT molecular complexity index is 1300. The van der Waals surface area contributed by atoms with Crippen LogP contribution < -0.4 is 10.6 Å². The lowest BCUT2D eigenvalue weighted by molar-refractivity contribution is -0.139. The van der Waals surface area contributed by atoms with Gasteiger partial charge in [-0.25, -0.2) is 9.59 Å². The van der Waals surface area contributed by atoms with Crippen molar-refractivity contribution in [2.24, 2.45) is 11.8 Å².